The van der Waals surface area contributed by atoms with Gasteiger partial charge in [0.2, 0.25) is 5.13 Å². The van der Waals surface area contributed by atoms with Crippen LogP contribution < -0.4 is 14.4 Å². The van der Waals surface area contributed by atoms with Crippen molar-refractivity contribution in [1.82, 2.24) is 19.6 Å². The summed E-state index contributed by atoms with van der Waals surface area (Å²) in [5.41, 5.74) is 3.17. The van der Waals surface area contributed by atoms with E-state index in [9.17, 15) is 19.1 Å². The average molecular weight is 702 g/mol. The molecule has 13 heteroatoms. The van der Waals surface area contributed by atoms with Gasteiger partial charge in [0.25, 0.3) is 5.78 Å². The number of ether oxygens (including phenoxy) is 2. The Labute approximate surface area is 291 Å². The minimum Gasteiger partial charge on any atom is -0.505 e. The molecule has 1 unspecified atom stereocenters. The summed E-state index contributed by atoms with van der Waals surface area (Å²) in [4.78, 5) is 33.8. The fourth-order valence-corrected chi connectivity index (χ4v) is 7.60. The Bertz CT molecular complexity index is 2060. The number of pyridine rings is 1. The van der Waals surface area contributed by atoms with Crippen LogP contribution in [0.3, 0.4) is 0 Å². The third kappa shape index (κ3) is 6.77. The Morgan fingerprint density at radius 2 is 1.84 bits per heavy atom. The Kier molecular flexibility index (Phi) is 10.3. The highest BCUT2D eigenvalue weighted by Crippen LogP contribution is 2.46. The number of halogens is 1. The molecule has 0 saturated carbocycles. The summed E-state index contributed by atoms with van der Waals surface area (Å²) in [6, 6.07) is 14.4. The molecule has 1 amide bonds. The van der Waals surface area contributed by atoms with Gasteiger partial charge in [0.05, 0.1) is 30.5 Å². The van der Waals surface area contributed by atoms with E-state index < -0.39 is 23.5 Å². The van der Waals surface area contributed by atoms with E-state index in [1.165, 1.54) is 22.7 Å². The molecule has 5 aromatic rings. The molecule has 6 rings (SSSR count). The second-order valence-electron chi connectivity index (χ2n) is 11.5. The highest BCUT2D eigenvalue weighted by atomic mass is 32.2. The highest BCUT2D eigenvalue weighted by Gasteiger charge is 2.49. The van der Waals surface area contributed by atoms with Crippen LogP contribution in [0.15, 0.2) is 70.7 Å². The van der Waals surface area contributed by atoms with Crippen molar-refractivity contribution in [3.63, 3.8) is 0 Å². The number of anilines is 1. The predicted molar refractivity (Wildman–Crippen MR) is 188 cm³/mol. The van der Waals surface area contributed by atoms with Gasteiger partial charge in [-0.1, -0.05) is 73.2 Å². The Balaban J connectivity index is 1.45. The van der Waals surface area contributed by atoms with E-state index in [1.54, 1.807) is 43.3 Å². The van der Waals surface area contributed by atoms with E-state index in [0.717, 1.165) is 36.2 Å². The summed E-state index contributed by atoms with van der Waals surface area (Å²) in [7, 11) is 0. The molecule has 254 valence electrons. The third-order valence-electron chi connectivity index (χ3n) is 8.25. The quantitative estimate of drug-likeness (QED) is 0.0327. The first-order valence-corrected chi connectivity index (χ1v) is 17.9. The summed E-state index contributed by atoms with van der Waals surface area (Å²) in [6.07, 6.45) is 4.79. The number of nitrogens with zero attached hydrogens (tertiary/aromatic N) is 5. The summed E-state index contributed by atoms with van der Waals surface area (Å²) in [5, 5.41) is 20.6. The zero-order valence-corrected chi connectivity index (χ0v) is 29.2. The number of rotatable bonds is 13. The van der Waals surface area contributed by atoms with E-state index in [2.05, 4.69) is 22.1 Å². The molecule has 1 atom stereocenters. The molecule has 10 nitrogen and oxygen atoms in total. The number of hydrogen-bond donors (Lipinski definition) is 1. The lowest BCUT2D eigenvalue weighted by Crippen LogP contribution is -2.29. The maximum Gasteiger partial charge on any atom is 0.301 e. The normalized spacial score (nSPS) is 15.8. The number of thioether (sulfide) groups is 1. The number of hydrogen-bond acceptors (Lipinski definition) is 10. The minimum atomic E-state index is -1.09. The van der Waals surface area contributed by atoms with Crippen LogP contribution in [0.4, 0.5) is 9.52 Å². The average Bonchev–Trinajstić information content (AvgIpc) is 3.78. The van der Waals surface area contributed by atoms with Crippen molar-refractivity contribution in [3.05, 3.63) is 100 Å². The van der Waals surface area contributed by atoms with Crippen LogP contribution in [0.25, 0.3) is 11.4 Å². The van der Waals surface area contributed by atoms with Crippen LogP contribution in [0.5, 0.6) is 11.5 Å². The number of carbonyl (C=O) groups is 2. The molecular weight excluding hydrogens is 666 g/mol. The topological polar surface area (TPSA) is 119 Å². The molecule has 0 bridgehead atoms. The summed E-state index contributed by atoms with van der Waals surface area (Å²) < 4.78 is 28.6. The number of aromatic nitrogens is 4. The molecule has 0 aliphatic carbocycles. The standard InChI is InChI=1S/C36H36FN5O5S2/c1-5-7-10-18-47-26-16-15-23(19-27(26)46-6-2)30-28(31(43)29-22(4)41-17-11-12-21(3)33(41)38-29)32(44)34(45)42(30)35-39-40-36(49-35)48-20-24-13-8-9-14-25(24)37/h8-9,11-17,19,30,43H,5-7,10,18,20H2,1-4H3/b31-28+. The number of aliphatic hydroxyl groups excluding tert-OH is 1. The lowest BCUT2D eigenvalue weighted by molar-refractivity contribution is -0.132. The van der Waals surface area contributed by atoms with Crippen LogP contribution in [0.2, 0.25) is 0 Å². The largest absolute Gasteiger partial charge is 0.505 e. The molecule has 1 saturated heterocycles. The zero-order chi connectivity index (χ0) is 34.7. The van der Waals surface area contributed by atoms with Gasteiger partial charge >= 0.3 is 5.91 Å². The van der Waals surface area contributed by atoms with E-state index >= 15 is 0 Å². The van der Waals surface area contributed by atoms with Gasteiger partial charge in [-0.05, 0) is 68.1 Å². The first kappa shape index (κ1) is 34.1. The SMILES string of the molecule is CCCCCOc1ccc(C2/C(=C(\O)c3nc4c(C)cccn4c3C)C(=O)C(=O)N2c2nnc(SCc3ccccc3F)s2)cc1OCC. The molecule has 1 aliphatic heterocycles. The molecule has 49 heavy (non-hydrogen) atoms. The minimum absolute atomic E-state index is 0.135. The zero-order valence-electron chi connectivity index (χ0n) is 27.6. The van der Waals surface area contributed by atoms with Crippen molar-refractivity contribution in [2.24, 2.45) is 0 Å². The van der Waals surface area contributed by atoms with Crippen LogP contribution in [0, 0.1) is 19.7 Å². The first-order chi connectivity index (χ1) is 23.7. The number of fused-ring (bicyclic) bond motifs is 1. The number of carbonyl (C=O) groups excluding carboxylic acids is 2. The van der Waals surface area contributed by atoms with Gasteiger partial charge < -0.3 is 19.0 Å². The fourth-order valence-electron chi connectivity index (χ4n) is 5.75. The second kappa shape index (κ2) is 14.8. The summed E-state index contributed by atoms with van der Waals surface area (Å²) in [6.45, 7) is 8.54. The van der Waals surface area contributed by atoms with Gasteiger partial charge in [0.1, 0.15) is 17.2 Å². The van der Waals surface area contributed by atoms with Crippen molar-refractivity contribution in [2.45, 2.75) is 63.1 Å². The molecule has 3 aromatic heterocycles. The maximum atomic E-state index is 14.3. The first-order valence-electron chi connectivity index (χ1n) is 16.1. The number of aryl methyl sites for hydroxylation is 2. The summed E-state index contributed by atoms with van der Waals surface area (Å²) >= 11 is 2.37. The molecular formula is C36H36FN5O5S2. The van der Waals surface area contributed by atoms with Crippen molar-refractivity contribution in [1.29, 1.82) is 0 Å². The molecule has 1 fully saturated rings. The van der Waals surface area contributed by atoms with E-state index in [4.69, 9.17) is 9.47 Å². The van der Waals surface area contributed by atoms with Gasteiger partial charge in [-0.25, -0.2) is 9.37 Å². The lowest BCUT2D eigenvalue weighted by atomic mass is 9.96. The Hall–Kier alpha value is -4.75. The van der Waals surface area contributed by atoms with E-state index in [1.807, 2.05) is 36.6 Å². The number of aliphatic hydroxyl groups is 1. The van der Waals surface area contributed by atoms with Crippen LogP contribution in [0.1, 0.15) is 67.2 Å². The molecule has 1 aliphatic rings. The number of ketones is 1. The number of benzene rings is 2. The van der Waals surface area contributed by atoms with Gasteiger partial charge in [0.15, 0.2) is 21.6 Å². The van der Waals surface area contributed by atoms with Crippen LogP contribution in [-0.2, 0) is 15.3 Å². The van der Waals surface area contributed by atoms with E-state index in [0.29, 0.717) is 57.3 Å². The van der Waals surface area contributed by atoms with Gasteiger partial charge in [-0.15, -0.1) is 10.2 Å². The number of amides is 1. The van der Waals surface area contributed by atoms with Gasteiger partial charge in [-0.3, -0.25) is 14.5 Å². The maximum absolute atomic E-state index is 14.3. The van der Waals surface area contributed by atoms with Crippen molar-refractivity contribution >= 4 is 51.3 Å². The second-order valence-corrected chi connectivity index (χ2v) is 13.7. The van der Waals surface area contributed by atoms with Crippen molar-refractivity contribution in [3.8, 4) is 11.5 Å². The molecule has 0 radical (unpaired) electrons. The van der Waals surface area contributed by atoms with Crippen molar-refractivity contribution < 1.29 is 28.6 Å². The monoisotopic (exact) mass is 701 g/mol. The Morgan fingerprint density at radius 3 is 2.59 bits per heavy atom. The molecule has 2 aromatic carbocycles. The molecule has 1 N–H and O–H groups in total. The molecule has 4 heterocycles. The lowest BCUT2D eigenvalue weighted by Gasteiger charge is -2.23. The summed E-state index contributed by atoms with van der Waals surface area (Å²) in [5.74, 6) is -1.21. The highest BCUT2D eigenvalue weighted by molar-refractivity contribution is 8.00. The van der Waals surface area contributed by atoms with Crippen LogP contribution in [-0.4, -0.2) is 49.6 Å². The van der Waals surface area contributed by atoms with Crippen molar-refractivity contribution in [2.75, 3.05) is 18.1 Å². The van der Waals surface area contributed by atoms with E-state index in [-0.39, 0.29) is 22.2 Å². The van der Waals surface area contributed by atoms with Crippen LogP contribution >= 0.6 is 23.1 Å². The number of imidazole rings is 1. The molecule has 0 spiro atoms. The Morgan fingerprint density at radius 1 is 1.02 bits per heavy atom. The smallest absolute Gasteiger partial charge is 0.301 e. The van der Waals surface area contributed by atoms with Gasteiger partial charge in [-0.2, -0.15) is 0 Å². The predicted octanol–water partition coefficient (Wildman–Crippen LogP) is 7.83. The third-order valence-corrected chi connectivity index (χ3v) is 10.4. The fraction of sp³-hybridized carbons (Fsp3) is 0.306. The van der Waals surface area contributed by atoms with Gasteiger partial charge in [0, 0.05) is 11.9 Å². The number of unbranched alkanes of at least 4 members (excludes halogenated alkanes) is 2. The number of Topliss-reactive ketones (excluding diaryl/α,β-unsaturated/α-hetero) is 1.